The maximum absolute atomic E-state index is 13.4. The number of aromatic nitrogens is 1. The molecule has 3 rings (SSSR count). The van der Waals surface area contributed by atoms with Crippen LogP contribution in [0.5, 0.6) is 0 Å². The van der Waals surface area contributed by atoms with Crippen LogP contribution >= 0.6 is 11.3 Å². The van der Waals surface area contributed by atoms with Crippen molar-refractivity contribution in [2.45, 2.75) is 27.2 Å². The number of carbonyl (C=O) groups is 1. The third-order valence-electron chi connectivity index (χ3n) is 4.98. The zero-order chi connectivity index (χ0) is 19.6. The SMILES string of the molecule is Cc1ccccc1C(=O)N(CCC[NH+](C)C)c1nc2c(C)c(C)ccc2s1. The number of quaternary nitrogens is 1. The molecular weight excluding hydrogens is 354 g/mol. The van der Waals surface area contributed by atoms with E-state index in [1.165, 1.54) is 16.0 Å². The highest BCUT2D eigenvalue weighted by Crippen LogP contribution is 2.32. The van der Waals surface area contributed by atoms with Crippen LogP contribution in [0.3, 0.4) is 0 Å². The first-order chi connectivity index (χ1) is 12.9. The van der Waals surface area contributed by atoms with Crippen molar-refractivity contribution < 1.29 is 9.69 Å². The Balaban J connectivity index is 2.00. The minimum Gasteiger partial charge on any atom is -0.340 e. The van der Waals surface area contributed by atoms with Gasteiger partial charge in [-0.15, -0.1) is 0 Å². The van der Waals surface area contributed by atoms with Gasteiger partial charge in [0.15, 0.2) is 5.13 Å². The van der Waals surface area contributed by atoms with E-state index in [-0.39, 0.29) is 5.91 Å². The molecule has 5 heteroatoms. The number of nitrogens with zero attached hydrogens (tertiary/aromatic N) is 2. The van der Waals surface area contributed by atoms with E-state index in [9.17, 15) is 4.79 Å². The summed E-state index contributed by atoms with van der Waals surface area (Å²) in [5.74, 6) is 0.0373. The molecule has 1 heterocycles. The van der Waals surface area contributed by atoms with Gasteiger partial charge in [0.05, 0.1) is 30.9 Å². The molecule has 0 atom stereocenters. The van der Waals surface area contributed by atoms with Gasteiger partial charge < -0.3 is 4.90 Å². The van der Waals surface area contributed by atoms with Crippen LogP contribution in [0.15, 0.2) is 36.4 Å². The van der Waals surface area contributed by atoms with Gasteiger partial charge in [0.1, 0.15) is 0 Å². The van der Waals surface area contributed by atoms with Crippen LogP contribution in [0, 0.1) is 20.8 Å². The average Bonchev–Trinajstić information content (AvgIpc) is 3.06. The Labute approximate surface area is 165 Å². The summed E-state index contributed by atoms with van der Waals surface area (Å²) >= 11 is 1.60. The molecule has 4 nitrogen and oxygen atoms in total. The van der Waals surface area contributed by atoms with Gasteiger partial charge in [-0.3, -0.25) is 9.69 Å². The van der Waals surface area contributed by atoms with Crippen LogP contribution in [0.25, 0.3) is 10.2 Å². The van der Waals surface area contributed by atoms with Crippen molar-refractivity contribution in [1.29, 1.82) is 0 Å². The molecule has 142 valence electrons. The van der Waals surface area contributed by atoms with Crippen LogP contribution in [0.1, 0.15) is 33.5 Å². The summed E-state index contributed by atoms with van der Waals surface area (Å²) < 4.78 is 1.13. The minimum absolute atomic E-state index is 0.0373. The van der Waals surface area contributed by atoms with Crippen LogP contribution in [-0.4, -0.2) is 38.1 Å². The lowest BCUT2D eigenvalue weighted by Gasteiger charge is -2.21. The fourth-order valence-corrected chi connectivity index (χ4v) is 4.21. The van der Waals surface area contributed by atoms with Crippen molar-refractivity contribution in [3.05, 3.63) is 58.7 Å². The predicted molar refractivity (Wildman–Crippen MR) is 114 cm³/mol. The number of aryl methyl sites for hydroxylation is 3. The number of anilines is 1. The number of amides is 1. The van der Waals surface area contributed by atoms with Gasteiger partial charge in [0, 0.05) is 18.5 Å². The Morgan fingerprint density at radius 1 is 1.07 bits per heavy atom. The topological polar surface area (TPSA) is 37.6 Å². The standard InChI is InChI=1S/C22H27N3OS/c1-15-11-12-19-20(17(15)3)23-22(27-19)25(14-8-13-24(4)5)21(26)18-10-7-6-9-16(18)2/h6-7,9-12H,8,13-14H2,1-5H3/p+1. The van der Waals surface area contributed by atoms with Crippen molar-refractivity contribution >= 4 is 32.6 Å². The second kappa shape index (κ2) is 8.19. The van der Waals surface area contributed by atoms with E-state index in [4.69, 9.17) is 4.98 Å². The summed E-state index contributed by atoms with van der Waals surface area (Å²) in [6, 6.07) is 12.0. The molecule has 2 aromatic carbocycles. The largest absolute Gasteiger partial charge is 0.340 e. The summed E-state index contributed by atoms with van der Waals surface area (Å²) in [5, 5.41) is 0.792. The van der Waals surface area contributed by atoms with Gasteiger partial charge in [0.25, 0.3) is 5.91 Å². The maximum atomic E-state index is 13.4. The number of carbonyl (C=O) groups excluding carboxylic acids is 1. The summed E-state index contributed by atoms with van der Waals surface area (Å²) in [4.78, 5) is 21.5. The van der Waals surface area contributed by atoms with E-state index in [0.29, 0.717) is 6.54 Å². The van der Waals surface area contributed by atoms with E-state index in [0.717, 1.165) is 39.4 Å². The van der Waals surface area contributed by atoms with Gasteiger partial charge in [-0.1, -0.05) is 35.6 Å². The van der Waals surface area contributed by atoms with Crippen molar-refractivity contribution in [3.63, 3.8) is 0 Å². The molecule has 0 bridgehead atoms. The summed E-state index contributed by atoms with van der Waals surface area (Å²) in [6.45, 7) is 7.88. The lowest BCUT2D eigenvalue weighted by molar-refractivity contribution is -0.858. The molecule has 27 heavy (non-hydrogen) atoms. The van der Waals surface area contributed by atoms with E-state index in [1.54, 1.807) is 11.3 Å². The van der Waals surface area contributed by atoms with Gasteiger partial charge in [-0.05, 0) is 49.6 Å². The smallest absolute Gasteiger partial charge is 0.260 e. The second-order valence-electron chi connectivity index (χ2n) is 7.43. The number of fused-ring (bicyclic) bond motifs is 1. The first kappa shape index (κ1) is 19.5. The van der Waals surface area contributed by atoms with E-state index in [1.807, 2.05) is 36.1 Å². The van der Waals surface area contributed by atoms with Gasteiger partial charge in [-0.25, -0.2) is 4.98 Å². The average molecular weight is 383 g/mol. The fourth-order valence-electron chi connectivity index (χ4n) is 3.16. The fraction of sp³-hybridized carbons (Fsp3) is 0.364. The number of thiazole rings is 1. The van der Waals surface area contributed by atoms with Crippen molar-refractivity contribution in [3.8, 4) is 0 Å². The molecule has 1 amide bonds. The maximum Gasteiger partial charge on any atom is 0.260 e. The Kier molecular flexibility index (Phi) is 5.92. The zero-order valence-electron chi connectivity index (χ0n) is 16.8. The van der Waals surface area contributed by atoms with E-state index in [2.05, 4.69) is 40.1 Å². The van der Waals surface area contributed by atoms with Crippen molar-refractivity contribution in [1.82, 2.24) is 4.98 Å². The lowest BCUT2D eigenvalue weighted by Crippen LogP contribution is -3.05. The quantitative estimate of drug-likeness (QED) is 0.709. The third-order valence-corrected chi connectivity index (χ3v) is 6.03. The second-order valence-corrected chi connectivity index (χ2v) is 8.44. The third kappa shape index (κ3) is 4.20. The van der Waals surface area contributed by atoms with Crippen molar-refractivity contribution in [2.75, 3.05) is 32.1 Å². The van der Waals surface area contributed by atoms with Gasteiger partial charge in [0.2, 0.25) is 0 Å². The molecule has 0 unspecified atom stereocenters. The highest BCUT2D eigenvalue weighted by atomic mass is 32.1. The first-order valence-electron chi connectivity index (χ1n) is 9.41. The molecule has 0 saturated carbocycles. The number of nitrogens with one attached hydrogen (secondary N) is 1. The highest BCUT2D eigenvalue weighted by Gasteiger charge is 2.23. The summed E-state index contributed by atoms with van der Waals surface area (Å²) in [6.07, 6.45) is 0.938. The minimum atomic E-state index is 0.0373. The Morgan fingerprint density at radius 2 is 1.81 bits per heavy atom. The molecule has 1 N–H and O–H groups in total. The van der Waals surface area contributed by atoms with Crippen LogP contribution < -0.4 is 9.80 Å². The van der Waals surface area contributed by atoms with E-state index >= 15 is 0 Å². The molecule has 3 aromatic rings. The zero-order valence-corrected chi connectivity index (χ0v) is 17.6. The number of hydrogen-bond donors (Lipinski definition) is 1. The highest BCUT2D eigenvalue weighted by molar-refractivity contribution is 7.22. The summed E-state index contributed by atoms with van der Waals surface area (Å²) in [7, 11) is 4.27. The molecule has 1 aromatic heterocycles. The lowest BCUT2D eigenvalue weighted by atomic mass is 10.1. The number of hydrogen-bond acceptors (Lipinski definition) is 3. The molecule has 0 aliphatic rings. The van der Waals surface area contributed by atoms with Crippen LogP contribution in [0.2, 0.25) is 0 Å². The molecule has 0 fully saturated rings. The normalized spacial score (nSPS) is 11.3. The molecule has 0 saturated heterocycles. The van der Waals surface area contributed by atoms with Gasteiger partial charge >= 0.3 is 0 Å². The van der Waals surface area contributed by atoms with Crippen LogP contribution in [-0.2, 0) is 0 Å². The molecule has 0 spiro atoms. The predicted octanol–water partition coefficient (Wildman–Crippen LogP) is 3.40. The van der Waals surface area contributed by atoms with E-state index < -0.39 is 0 Å². The molecule has 0 radical (unpaired) electrons. The first-order valence-corrected chi connectivity index (χ1v) is 10.2. The number of rotatable bonds is 6. The van der Waals surface area contributed by atoms with Gasteiger partial charge in [-0.2, -0.15) is 0 Å². The Hall–Kier alpha value is -2.24. The Morgan fingerprint density at radius 3 is 2.52 bits per heavy atom. The van der Waals surface area contributed by atoms with Crippen molar-refractivity contribution in [2.24, 2.45) is 0 Å². The Bertz CT molecular complexity index is 961. The molecular formula is C22H28N3OS+. The number of benzene rings is 2. The summed E-state index contributed by atoms with van der Waals surface area (Å²) in [5.41, 5.74) is 5.18. The molecule has 0 aliphatic heterocycles. The monoisotopic (exact) mass is 382 g/mol. The molecule has 0 aliphatic carbocycles. The van der Waals surface area contributed by atoms with Crippen LogP contribution in [0.4, 0.5) is 5.13 Å².